The van der Waals surface area contributed by atoms with E-state index >= 15 is 0 Å². The lowest BCUT2D eigenvalue weighted by atomic mass is 10.3. The zero-order chi connectivity index (χ0) is 16.6. The molecule has 0 bridgehead atoms. The van der Waals surface area contributed by atoms with Gasteiger partial charge in [-0.3, -0.25) is 4.55 Å². The highest BCUT2D eigenvalue weighted by atomic mass is 32.2. The van der Waals surface area contributed by atoms with Crippen LogP contribution in [0.3, 0.4) is 0 Å². The fourth-order valence-electron chi connectivity index (χ4n) is 1.28. The number of methoxy groups -OCH3 is 2. The molecule has 21 heavy (non-hydrogen) atoms. The summed E-state index contributed by atoms with van der Waals surface area (Å²) in [7, 11) is -0.634. The van der Waals surface area contributed by atoms with Gasteiger partial charge in [-0.25, -0.2) is 0 Å². The molecule has 0 aliphatic rings. The normalized spacial score (nSPS) is 12.0. The van der Waals surface area contributed by atoms with E-state index < -0.39 is 10.1 Å². The van der Waals surface area contributed by atoms with Gasteiger partial charge < -0.3 is 14.8 Å². The minimum atomic E-state index is -3.83. The number of allylic oxidation sites excluding steroid dienone is 2. The van der Waals surface area contributed by atoms with E-state index in [1.165, 1.54) is 0 Å². The summed E-state index contributed by atoms with van der Waals surface area (Å²) in [5, 5.41) is 3.08. The minimum absolute atomic E-state index is 0.202. The fourth-order valence-corrected chi connectivity index (χ4v) is 1.79. The molecule has 0 saturated heterocycles. The second kappa shape index (κ2) is 15.1. The lowest BCUT2D eigenvalue weighted by Gasteiger charge is -2.02. The Morgan fingerprint density at radius 3 is 2.48 bits per heavy atom. The zero-order valence-corrected chi connectivity index (χ0v) is 13.4. The van der Waals surface area contributed by atoms with Gasteiger partial charge in [-0.1, -0.05) is 12.2 Å². The van der Waals surface area contributed by atoms with Crippen molar-refractivity contribution in [2.24, 2.45) is 0 Å². The van der Waals surface area contributed by atoms with Crippen molar-refractivity contribution < 1.29 is 22.4 Å². The molecule has 0 atom stereocenters. The standard InChI is InChI=1S/C12H23NO5S.C2H2/c1-17-11-12(18-2)7-4-3-5-8-13-9-6-10-19(14,15)16;1-2/h3-4,7,13H,5-6,8-11H2,1-2H3,(H,14,15,16);1-2H/b4-3-,12-7+;. The van der Waals surface area contributed by atoms with Crippen LogP contribution >= 0.6 is 0 Å². The molecule has 0 aromatic rings. The van der Waals surface area contributed by atoms with E-state index in [-0.39, 0.29) is 5.75 Å². The monoisotopic (exact) mass is 319 g/mol. The molecule has 0 aromatic carbocycles. The Morgan fingerprint density at radius 2 is 1.95 bits per heavy atom. The van der Waals surface area contributed by atoms with Crippen LogP contribution < -0.4 is 5.32 Å². The van der Waals surface area contributed by atoms with Crippen molar-refractivity contribution in [3.63, 3.8) is 0 Å². The van der Waals surface area contributed by atoms with E-state index in [4.69, 9.17) is 14.0 Å². The average Bonchev–Trinajstić information content (AvgIpc) is 2.45. The predicted octanol–water partition coefficient (Wildman–Crippen LogP) is 1.23. The van der Waals surface area contributed by atoms with Crippen molar-refractivity contribution >= 4 is 10.1 Å². The molecule has 0 aromatic heterocycles. The molecule has 2 N–H and O–H groups in total. The van der Waals surface area contributed by atoms with Crippen LogP contribution in [0.5, 0.6) is 0 Å². The number of hydrogen-bond donors (Lipinski definition) is 2. The van der Waals surface area contributed by atoms with Crippen molar-refractivity contribution in [3.8, 4) is 12.8 Å². The number of terminal acetylenes is 1. The molecular formula is C14H25NO5S. The van der Waals surface area contributed by atoms with Gasteiger partial charge in [0.1, 0.15) is 12.4 Å². The number of ether oxygens (including phenoxy) is 2. The highest BCUT2D eigenvalue weighted by Crippen LogP contribution is 1.96. The van der Waals surface area contributed by atoms with Crippen LogP contribution in [0.25, 0.3) is 0 Å². The molecule has 0 saturated carbocycles. The first-order valence-electron chi connectivity index (χ1n) is 6.37. The molecular weight excluding hydrogens is 294 g/mol. The molecule has 0 heterocycles. The molecule has 0 radical (unpaired) electrons. The summed E-state index contributed by atoms with van der Waals surface area (Å²) in [4.78, 5) is 0. The molecule has 0 aliphatic carbocycles. The van der Waals surface area contributed by atoms with E-state index in [1.807, 2.05) is 18.2 Å². The van der Waals surface area contributed by atoms with Gasteiger partial charge in [0.05, 0.1) is 12.9 Å². The largest absolute Gasteiger partial charge is 0.499 e. The third-order valence-corrected chi connectivity index (χ3v) is 3.02. The van der Waals surface area contributed by atoms with Crippen molar-refractivity contribution in [1.29, 1.82) is 0 Å². The first-order chi connectivity index (χ1) is 9.99. The molecule has 7 heteroatoms. The van der Waals surface area contributed by atoms with Crippen LogP contribution in [0.1, 0.15) is 12.8 Å². The second-order valence-electron chi connectivity index (χ2n) is 3.88. The molecule has 0 spiro atoms. The van der Waals surface area contributed by atoms with E-state index in [2.05, 4.69) is 18.2 Å². The molecule has 0 aliphatic heterocycles. The SMILES string of the molecule is C#C.COC/C(=C\C=C/CCNCCCS(=O)(=O)O)OC. The van der Waals surface area contributed by atoms with Crippen LogP contribution in [0, 0.1) is 12.8 Å². The van der Waals surface area contributed by atoms with Crippen LogP contribution in [0.4, 0.5) is 0 Å². The van der Waals surface area contributed by atoms with Gasteiger partial charge in [-0.05, 0) is 32.0 Å². The van der Waals surface area contributed by atoms with E-state index in [0.29, 0.717) is 19.6 Å². The fraction of sp³-hybridized carbons (Fsp3) is 0.571. The third kappa shape index (κ3) is 18.7. The molecule has 6 nitrogen and oxygen atoms in total. The summed E-state index contributed by atoms with van der Waals surface area (Å²) in [6.07, 6.45) is 14.9. The zero-order valence-electron chi connectivity index (χ0n) is 12.6. The topological polar surface area (TPSA) is 84.9 Å². The Labute approximate surface area is 128 Å². The maximum Gasteiger partial charge on any atom is 0.264 e. The minimum Gasteiger partial charge on any atom is -0.499 e. The smallest absolute Gasteiger partial charge is 0.264 e. The van der Waals surface area contributed by atoms with Crippen molar-refractivity contribution in [2.75, 3.05) is 39.7 Å². The van der Waals surface area contributed by atoms with Crippen molar-refractivity contribution in [1.82, 2.24) is 5.32 Å². The highest BCUT2D eigenvalue weighted by Gasteiger charge is 2.02. The van der Waals surface area contributed by atoms with Gasteiger partial charge in [0.15, 0.2) is 0 Å². The Balaban J connectivity index is 0. The number of rotatable bonds is 11. The third-order valence-electron chi connectivity index (χ3n) is 2.21. The maximum absolute atomic E-state index is 10.4. The summed E-state index contributed by atoms with van der Waals surface area (Å²) in [6.45, 7) is 1.76. The molecule has 0 fully saturated rings. The first-order valence-corrected chi connectivity index (χ1v) is 7.98. The van der Waals surface area contributed by atoms with Crippen LogP contribution in [-0.2, 0) is 19.6 Å². The van der Waals surface area contributed by atoms with Crippen molar-refractivity contribution in [2.45, 2.75) is 12.8 Å². The number of hydrogen-bond acceptors (Lipinski definition) is 5. The van der Waals surface area contributed by atoms with Gasteiger partial charge in [0.2, 0.25) is 0 Å². The average molecular weight is 319 g/mol. The number of nitrogens with one attached hydrogen (secondary N) is 1. The van der Waals surface area contributed by atoms with Gasteiger partial charge >= 0.3 is 0 Å². The Bertz CT molecular complexity index is 412. The summed E-state index contributed by atoms with van der Waals surface area (Å²) in [5.74, 6) is 0.548. The van der Waals surface area contributed by atoms with Gasteiger partial charge in [0.25, 0.3) is 10.1 Å². The summed E-state index contributed by atoms with van der Waals surface area (Å²) in [5.41, 5.74) is 0. The molecule has 122 valence electrons. The molecule has 0 unspecified atom stereocenters. The van der Waals surface area contributed by atoms with E-state index in [9.17, 15) is 8.42 Å². The second-order valence-corrected chi connectivity index (χ2v) is 5.45. The Kier molecular flexibility index (Phi) is 15.8. The van der Waals surface area contributed by atoms with Gasteiger partial charge in [0, 0.05) is 7.11 Å². The van der Waals surface area contributed by atoms with Crippen LogP contribution in [0.15, 0.2) is 24.0 Å². The first kappa shape index (κ1) is 22.0. The van der Waals surface area contributed by atoms with Gasteiger partial charge in [-0.2, -0.15) is 8.42 Å². The molecule has 0 rings (SSSR count). The van der Waals surface area contributed by atoms with E-state index in [0.717, 1.165) is 18.7 Å². The Hall–Kier alpha value is -1.33. The summed E-state index contributed by atoms with van der Waals surface area (Å²) in [6, 6.07) is 0. The van der Waals surface area contributed by atoms with Crippen LogP contribution in [0.2, 0.25) is 0 Å². The lowest BCUT2D eigenvalue weighted by molar-refractivity contribution is 0.159. The van der Waals surface area contributed by atoms with E-state index in [1.54, 1.807) is 14.2 Å². The lowest BCUT2D eigenvalue weighted by Crippen LogP contribution is -2.19. The quantitative estimate of drug-likeness (QED) is 0.196. The van der Waals surface area contributed by atoms with Crippen molar-refractivity contribution in [3.05, 3.63) is 24.0 Å². The molecule has 0 amide bonds. The summed E-state index contributed by atoms with van der Waals surface area (Å²) < 4.78 is 39.4. The Morgan fingerprint density at radius 1 is 1.29 bits per heavy atom. The maximum atomic E-state index is 10.4. The summed E-state index contributed by atoms with van der Waals surface area (Å²) >= 11 is 0. The van der Waals surface area contributed by atoms with Crippen LogP contribution in [-0.4, -0.2) is 52.6 Å². The van der Waals surface area contributed by atoms with Gasteiger partial charge in [-0.15, -0.1) is 12.8 Å². The predicted molar refractivity (Wildman–Crippen MR) is 84.5 cm³/mol. The highest BCUT2D eigenvalue weighted by molar-refractivity contribution is 7.85.